The molecule has 4 rings (SSSR count). The van der Waals surface area contributed by atoms with Gasteiger partial charge in [0.05, 0.1) is 25.2 Å². The van der Waals surface area contributed by atoms with E-state index in [4.69, 9.17) is 24.5 Å². The van der Waals surface area contributed by atoms with Gasteiger partial charge in [0, 0.05) is 38.0 Å². The lowest BCUT2D eigenvalue weighted by molar-refractivity contribution is -0.193. The van der Waals surface area contributed by atoms with Gasteiger partial charge in [-0.15, -0.1) is 0 Å². The number of imidazole rings is 1. The molecular weight excluding hydrogens is 504 g/mol. The number of nitrogens with zero attached hydrogens (tertiary/aromatic N) is 5. The molecule has 0 saturated heterocycles. The van der Waals surface area contributed by atoms with Crippen molar-refractivity contribution in [1.82, 2.24) is 19.5 Å². The average molecular weight is 527 g/mol. The number of halogens is 6. The first-order valence-electron chi connectivity index (χ1n) is 10.4. The molecule has 1 unspecified atom stereocenters. The number of ether oxygens (including phenoxy) is 1. The van der Waals surface area contributed by atoms with Gasteiger partial charge in [0.1, 0.15) is 12.1 Å². The van der Waals surface area contributed by atoms with Crippen LogP contribution in [-0.4, -0.2) is 74.3 Å². The second-order valence-electron chi connectivity index (χ2n) is 7.88. The fourth-order valence-corrected chi connectivity index (χ4v) is 3.33. The molecule has 1 aliphatic carbocycles. The molecule has 10 nitrogen and oxygen atoms in total. The van der Waals surface area contributed by atoms with Gasteiger partial charge in [0.25, 0.3) is 0 Å². The number of carboxylic acids is 2. The van der Waals surface area contributed by atoms with Crippen LogP contribution in [0.15, 0.2) is 24.9 Å². The van der Waals surface area contributed by atoms with Crippen molar-refractivity contribution in [2.75, 3.05) is 25.2 Å². The van der Waals surface area contributed by atoms with Gasteiger partial charge in [0.15, 0.2) is 0 Å². The molecule has 1 aliphatic heterocycles. The minimum Gasteiger partial charge on any atom is -0.475 e. The van der Waals surface area contributed by atoms with Crippen molar-refractivity contribution in [1.29, 1.82) is 0 Å². The van der Waals surface area contributed by atoms with Gasteiger partial charge >= 0.3 is 24.3 Å². The Balaban J connectivity index is 0.000000271. The van der Waals surface area contributed by atoms with Crippen LogP contribution in [0.2, 0.25) is 0 Å². The number of carbonyl (C=O) groups is 2. The third kappa shape index (κ3) is 8.66. The lowest BCUT2D eigenvalue weighted by atomic mass is 9.98. The summed E-state index contributed by atoms with van der Waals surface area (Å²) in [5, 5.41) is 14.2. The summed E-state index contributed by atoms with van der Waals surface area (Å²) < 4.78 is 71.3. The smallest absolute Gasteiger partial charge is 0.475 e. The molecule has 2 aromatic heterocycles. The molecule has 2 aliphatic rings. The van der Waals surface area contributed by atoms with E-state index < -0.39 is 24.3 Å². The molecule has 0 amide bonds. The second-order valence-corrected chi connectivity index (χ2v) is 7.88. The summed E-state index contributed by atoms with van der Waals surface area (Å²) in [6.07, 6.45) is -2.06. The first kappa shape index (κ1) is 28.8. The number of methoxy groups -OCH3 is 1. The highest BCUT2D eigenvalue weighted by atomic mass is 19.4. The zero-order valence-corrected chi connectivity index (χ0v) is 18.8. The van der Waals surface area contributed by atoms with Crippen molar-refractivity contribution in [3.8, 4) is 0 Å². The molecule has 0 bridgehead atoms. The van der Waals surface area contributed by atoms with Crippen LogP contribution in [0, 0.1) is 5.92 Å². The molecular formula is C20H23F6N5O5. The molecule has 2 aromatic rings. The fourth-order valence-electron chi connectivity index (χ4n) is 3.33. The average Bonchev–Trinajstić information content (AvgIpc) is 3.52. The molecule has 16 heteroatoms. The Morgan fingerprint density at radius 3 is 2.11 bits per heavy atom. The summed E-state index contributed by atoms with van der Waals surface area (Å²) in [6.45, 7) is 3.54. The lowest BCUT2D eigenvalue weighted by Gasteiger charge is -2.33. The summed E-state index contributed by atoms with van der Waals surface area (Å²) in [6, 6.07) is 1.95. The maximum absolute atomic E-state index is 10.6. The highest BCUT2D eigenvalue weighted by Crippen LogP contribution is 2.35. The number of aliphatic carboxylic acids is 2. The third-order valence-corrected chi connectivity index (χ3v) is 5.02. The van der Waals surface area contributed by atoms with E-state index in [1.165, 1.54) is 18.5 Å². The summed E-state index contributed by atoms with van der Waals surface area (Å²) in [4.78, 5) is 33.1. The van der Waals surface area contributed by atoms with E-state index in [-0.39, 0.29) is 0 Å². The van der Waals surface area contributed by atoms with Crippen molar-refractivity contribution < 1.29 is 50.9 Å². The van der Waals surface area contributed by atoms with Gasteiger partial charge in [-0.25, -0.2) is 24.5 Å². The highest BCUT2D eigenvalue weighted by molar-refractivity contribution is 5.73. The van der Waals surface area contributed by atoms with Crippen LogP contribution in [0.4, 0.5) is 32.2 Å². The summed E-state index contributed by atoms with van der Waals surface area (Å²) >= 11 is 0. The van der Waals surface area contributed by atoms with Gasteiger partial charge in [-0.3, -0.25) is 0 Å². The number of hydrogen-bond acceptors (Lipinski definition) is 7. The van der Waals surface area contributed by atoms with E-state index in [9.17, 15) is 26.3 Å². The van der Waals surface area contributed by atoms with E-state index in [1.807, 2.05) is 12.4 Å². The fraction of sp³-hybridized carbons (Fsp3) is 0.550. The Kier molecular flexibility index (Phi) is 9.61. The van der Waals surface area contributed by atoms with Crippen LogP contribution in [0.5, 0.6) is 0 Å². The van der Waals surface area contributed by atoms with E-state index in [0.29, 0.717) is 12.5 Å². The van der Waals surface area contributed by atoms with Gasteiger partial charge in [-0.05, 0) is 24.8 Å². The highest BCUT2D eigenvalue weighted by Gasteiger charge is 2.39. The number of fused-ring (bicyclic) bond motifs is 1. The van der Waals surface area contributed by atoms with Crippen molar-refractivity contribution in [2.24, 2.45) is 5.92 Å². The Hall–Kier alpha value is -3.43. The molecule has 0 spiro atoms. The number of hydrogen-bond donors (Lipinski definition) is 2. The van der Waals surface area contributed by atoms with E-state index >= 15 is 0 Å². The zero-order chi connectivity index (χ0) is 27.1. The van der Waals surface area contributed by atoms with E-state index in [2.05, 4.69) is 24.4 Å². The molecule has 0 aromatic carbocycles. The molecule has 3 heterocycles. The third-order valence-electron chi connectivity index (χ3n) is 5.02. The molecule has 36 heavy (non-hydrogen) atoms. The summed E-state index contributed by atoms with van der Waals surface area (Å²) in [7, 11) is 1.77. The van der Waals surface area contributed by atoms with Crippen LogP contribution in [0.1, 0.15) is 30.1 Å². The number of anilines is 1. The van der Waals surface area contributed by atoms with Gasteiger partial charge in [-0.1, -0.05) is 0 Å². The number of aromatic nitrogens is 4. The second kappa shape index (κ2) is 12.0. The van der Waals surface area contributed by atoms with E-state index in [0.717, 1.165) is 37.1 Å². The quantitative estimate of drug-likeness (QED) is 0.564. The normalized spacial score (nSPS) is 17.2. The van der Waals surface area contributed by atoms with Crippen LogP contribution in [0.3, 0.4) is 0 Å². The van der Waals surface area contributed by atoms with Gasteiger partial charge in [0.2, 0.25) is 0 Å². The molecule has 0 radical (unpaired) electrons. The molecule has 1 atom stereocenters. The topological polar surface area (TPSA) is 131 Å². The molecule has 1 fully saturated rings. The Morgan fingerprint density at radius 1 is 1.08 bits per heavy atom. The SMILES string of the molecule is COCC1CN(c2ccncn2)Cc2ncn(CC3CC3)c21.O=C(O)C(F)(F)F.O=C(O)C(F)(F)F. The molecule has 1 saturated carbocycles. The first-order valence-corrected chi connectivity index (χ1v) is 10.4. The number of alkyl halides is 6. The van der Waals surface area contributed by atoms with Crippen LogP contribution in [0.25, 0.3) is 0 Å². The lowest BCUT2D eigenvalue weighted by Crippen LogP contribution is -2.37. The van der Waals surface area contributed by atoms with Crippen LogP contribution in [-0.2, 0) is 27.4 Å². The largest absolute Gasteiger partial charge is 0.490 e. The Bertz CT molecular complexity index is 987. The Morgan fingerprint density at radius 2 is 1.67 bits per heavy atom. The molecule has 2 N–H and O–H groups in total. The van der Waals surface area contributed by atoms with Crippen molar-refractivity contribution in [3.05, 3.63) is 36.3 Å². The van der Waals surface area contributed by atoms with Gasteiger partial charge in [-0.2, -0.15) is 26.3 Å². The number of rotatable bonds is 5. The minimum atomic E-state index is -5.08. The zero-order valence-electron chi connectivity index (χ0n) is 18.8. The Labute approximate surface area is 200 Å². The minimum absolute atomic E-state index is 0.338. The predicted octanol–water partition coefficient (Wildman–Crippen LogP) is 3.10. The summed E-state index contributed by atoms with van der Waals surface area (Å²) in [5.41, 5.74) is 2.52. The van der Waals surface area contributed by atoms with Crippen LogP contribution < -0.4 is 4.90 Å². The summed E-state index contributed by atoms with van der Waals surface area (Å²) in [5.74, 6) is -3.37. The predicted molar refractivity (Wildman–Crippen MR) is 110 cm³/mol. The van der Waals surface area contributed by atoms with Crippen LogP contribution >= 0.6 is 0 Å². The van der Waals surface area contributed by atoms with E-state index in [1.54, 1.807) is 19.6 Å². The monoisotopic (exact) mass is 527 g/mol. The molecule has 200 valence electrons. The maximum Gasteiger partial charge on any atom is 0.490 e. The number of carboxylic acid groups (broad SMARTS) is 2. The van der Waals surface area contributed by atoms with Gasteiger partial charge < -0.3 is 24.4 Å². The van der Waals surface area contributed by atoms with Crippen molar-refractivity contribution >= 4 is 17.8 Å². The van der Waals surface area contributed by atoms with Crippen molar-refractivity contribution in [2.45, 2.75) is 44.2 Å². The standard InChI is InChI=1S/C16H21N5O.2C2HF3O2/c1-22-9-13-7-20(15-4-5-17-10-18-15)8-14-16(13)21(11-19-14)6-12-2-3-12;2*3-2(4,5)1(6)7/h4-5,10-13H,2-3,6-9H2,1H3;2*(H,6,7). The maximum atomic E-state index is 10.6. The van der Waals surface area contributed by atoms with Crippen molar-refractivity contribution in [3.63, 3.8) is 0 Å². The first-order chi connectivity index (χ1) is 16.7.